The van der Waals surface area contributed by atoms with Crippen molar-refractivity contribution in [3.63, 3.8) is 0 Å². The molecule has 2 aromatic rings. The third-order valence-corrected chi connectivity index (χ3v) is 3.02. The van der Waals surface area contributed by atoms with Crippen LogP contribution in [-0.4, -0.2) is 16.5 Å². The topological polar surface area (TPSA) is 49.0 Å². The molecule has 18 heavy (non-hydrogen) atoms. The number of hydrogen-bond donors (Lipinski definition) is 1. The molecule has 2 rings (SSSR count). The van der Waals surface area contributed by atoms with Crippen LogP contribution in [0.15, 0.2) is 41.5 Å². The van der Waals surface area contributed by atoms with Gasteiger partial charge in [0.25, 0.3) is 5.56 Å². The summed E-state index contributed by atoms with van der Waals surface area (Å²) in [5.74, 6) is 0.520. The first-order valence-electron chi connectivity index (χ1n) is 5.74. The van der Waals surface area contributed by atoms with E-state index >= 15 is 0 Å². The van der Waals surface area contributed by atoms with Crippen molar-refractivity contribution in [2.75, 3.05) is 11.4 Å². The lowest BCUT2D eigenvalue weighted by molar-refractivity contribution is 0.808. The van der Waals surface area contributed by atoms with Crippen molar-refractivity contribution in [1.29, 1.82) is 0 Å². The zero-order valence-electron chi connectivity index (χ0n) is 10.1. The standard InChI is InChI=1S/C13H14ClN3O/c1-2-17(8-10-6-4-3-5-7-10)12-11(14)13(18)16-9-15-12/h3-7,9H,2,8H2,1H3,(H,15,16,18). The van der Waals surface area contributed by atoms with Crippen LogP contribution in [0.5, 0.6) is 0 Å². The zero-order valence-corrected chi connectivity index (χ0v) is 10.8. The lowest BCUT2D eigenvalue weighted by atomic mass is 10.2. The monoisotopic (exact) mass is 263 g/mol. The predicted molar refractivity (Wildman–Crippen MR) is 73.0 cm³/mol. The molecule has 1 aromatic heterocycles. The summed E-state index contributed by atoms with van der Waals surface area (Å²) in [6, 6.07) is 10.00. The van der Waals surface area contributed by atoms with Crippen molar-refractivity contribution in [3.8, 4) is 0 Å². The van der Waals surface area contributed by atoms with E-state index in [1.54, 1.807) is 0 Å². The van der Waals surface area contributed by atoms with E-state index in [9.17, 15) is 4.79 Å². The highest BCUT2D eigenvalue weighted by molar-refractivity contribution is 6.32. The molecular weight excluding hydrogens is 250 g/mol. The van der Waals surface area contributed by atoms with Gasteiger partial charge in [-0.25, -0.2) is 4.98 Å². The van der Waals surface area contributed by atoms with Gasteiger partial charge in [-0.2, -0.15) is 0 Å². The van der Waals surface area contributed by atoms with Crippen molar-refractivity contribution in [2.45, 2.75) is 13.5 Å². The number of nitrogens with one attached hydrogen (secondary N) is 1. The fourth-order valence-electron chi connectivity index (χ4n) is 1.73. The summed E-state index contributed by atoms with van der Waals surface area (Å²) in [6.45, 7) is 3.40. The number of anilines is 1. The minimum Gasteiger partial charge on any atom is -0.351 e. The van der Waals surface area contributed by atoms with E-state index in [1.165, 1.54) is 6.33 Å². The zero-order chi connectivity index (χ0) is 13.0. The van der Waals surface area contributed by atoms with E-state index < -0.39 is 0 Å². The molecule has 0 saturated heterocycles. The summed E-state index contributed by atoms with van der Waals surface area (Å²) in [4.78, 5) is 20.0. The molecule has 0 unspecified atom stereocenters. The molecule has 5 heteroatoms. The molecule has 0 aliphatic carbocycles. The number of aromatic amines is 1. The number of benzene rings is 1. The minimum absolute atomic E-state index is 0.135. The van der Waals surface area contributed by atoms with Crippen LogP contribution in [0.1, 0.15) is 12.5 Å². The van der Waals surface area contributed by atoms with E-state index in [1.807, 2.05) is 42.2 Å². The molecule has 4 nitrogen and oxygen atoms in total. The largest absolute Gasteiger partial charge is 0.351 e. The van der Waals surface area contributed by atoms with Gasteiger partial charge in [-0.15, -0.1) is 0 Å². The van der Waals surface area contributed by atoms with Crippen LogP contribution >= 0.6 is 11.6 Å². The van der Waals surface area contributed by atoms with E-state index in [4.69, 9.17) is 11.6 Å². The van der Waals surface area contributed by atoms with Gasteiger partial charge in [0.15, 0.2) is 5.82 Å². The van der Waals surface area contributed by atoms with Crippen LogP contribution in [0.4, 0.5) is 5.82 Å². The molecule has 1 heterocycles. The SMILES string of the molecule is CCN(Cc1ccccc1)c1nc[nH]c(=O)c1Cl. The minimum atomic E-state index is -0.312. The van der Waals surface area contributed by atoms with Crippen LogP contribution in [0, 0.1) is 0 Å². The first kappa shape index (κ1) is 12.6. The molecule has 0 fully saturated rings. The van der Waals surface area contributed by atoms with E-state index in [0.29, 0.717) is 12.4 Å². The summed E-state index contributed by atoms with van der Waals surface area (Å²) in [7, 11) is 0. The fraction of sp³-hybridized carbons (Fsp3) is 0.231. The molecule has 94 valence electrons. The van der Waals surface area contributed by atoms with Gasteiger partial charge < -0.3 is 9.88 Å². The quantitative estimate of drug-likeness (QED) is 0.922. The second-order valence-electron chi connectivity index (χ2n) is 3.87. The Morgan fingerprint density at radius 3 is 2.72 bits per heavy atom. The van der Waals surface area contributed by atoms with Crippen molar-refractivity contribution in [1.82, 2.24) is 9.97 Å². The van der Waals surface area contributed by atoms with E-state index in [2.05, 4.69) is 9.97 Å². The molecule has 0 bridgehead atoms. The highest BCUT2D eigenvalue weighted by Gasteiger charge is 2.13. The average Bonchev–Trinajstić information content (AvgIpc) is 2.41. The van der Waals surface area contributed by atoms with Gasteiger partial charge in [0.2, 0.25) is 0 Å². The Balaban J connectivity index is 2.29. The molecule has 1 N–H and O–H groups in total. The lowest BCUT2D eigenvalue weighted by Crippen LogP contribution is -2.25. The number of aromatic nitrogens is 2. The summed E-state index contributed by atoms with van der Waals surface area (Å²) < 4.78 is 0. The van der Waals surface area contributed by atoms with Crippen molar-refractivity contribution >= 4 is 17.4 Å². The Bertz CT molecular complexity index is 568. The number of rotatable bonds is 4. The van der Waals surface area contributed by atoms with Gasteiger partial charge in [-0.1, -0.05) is 41.9 Å². The summed E-state index contributed by atoms with van der Waals surface area (Å²) in [5, 5.41) is 0.135. The fourth-order valence-corrected chi connectivity index (χ4v) is 1.96. The first-order valence-corrected chi connectivity index (χ1v) is 6.12. The molecule has 1 aromatic carbocycles. The van der Waals surface area contributed by atoms with Crippen molar-refractivity contribution in [3.05, 3.63) is 57.6 Å². The molecule has 0 aliphatic heterocycles. The lowest BCUT2D eigenvalue weighted by Gasteiger charge is -2.22. The second-order valence-corrected chi connectivity index (χ2v) is 4.25. The van der Waals surface area contributed by atoms with Crippen LogP contribution in [0.25, 0.3) is 0 Å². The summed E-state index contributed by atoms with van der Waals surface area (Å²) >= 11 is 5.99. The highest BCUT2D eigenvalue weighted by atomic mass is 35.5. The Hall–Kier alpha value is -1.81. The van der Waals surface area contributed by atoms with E-state index in [0.717, 1.165) is 12.1 Å². The summed E-state index contributed by atoms with van der Waals surface area (Å²) in [5.41, 5.74) is 0.839. The second kappa shape index (κ2) is 5.69. The molecule has 0 aliphatic rings. The van der Waals surface area contributed by atoms with Crippen LogP contribution < -0.4 is 10.5 Å². The Morgan fingerprint density at radius 2 is 2.06 bits per heavy atom. The normalized spacial score (nSPS) is 10.3. The smallest absolute Gasteiger partial charge is 0.271 e. The van der Waals surface area contributed by atoms with E-state index in [-0.39, 0.29) is 10.6 Å². The first-order chi connectivity index (χ1) is 8.72. The number of nitrogens with zero attached hydrogens (tertiary/aromatic N) is 2. The number of hydrogen-bond acceptors (Lipinski definition) is 3. The van der Waals surface area contributed by atoms with Crippen molar-refractivity contribution in [2.24, 2.45) is 0 Å². The maximum atomic E-state index is 11.5. The van der Waals surface area contributed by atoms with Gasteiger partial charge in [0, 0.05) is 13.1 Å². The number of H-pyrrole nitrogens is 1. The van der Waals surface area contributed by atoms with Gasteiger partial charge in [-0.3, -0.25) is 4.79 Å². The Kier molecular flexibility index (Phi) is 3.99. The molecule has 0 radical (unpaired) electrons. The predicted octanol–water partition coefficient (Wildman–Crippen LogP) is 2.45. The molecule has 0 atom stereocenters. The molecule has 0 spiro atoms. The van der Waals surface area contributed by atoms with Gasteiger partial charge in [-0.05, 0) is 12.5 Å². The van der Waals surface area contributed by atoms with Crippen molar-refractivity contribution < 1.29 is 0 Å². The molecule has 0 saturated carbocycles. The van der Waals surface area contributed by atoms with Crippen LogP contribution in [-0.2, 0) is 6.54 Å². The Morgan fingerprint density at radius 1 is 1.33 bits per heavy atom. The van der Waals surface area contributed by atoms with Gasteiger partial charge >= 0.3 is 0 Å². The highest BCUT2D eigenvalue weighted by Crippen LogP contribution is 2.20. The molecular formula is C13H14ClN3O. The number of halogens is 1. The van der Waals surface area contributed by atoms with Gasteiger partial charge in [0.05, 0.1) is 6.33 Å². The maximum absolute atomic E-state index is 11.5. The van der Waals surface area contributed by atoms with Crippen LogP contribution in [0.3, 0.4) is 0 Å². The maximum Gasteiger partial charge on any atom is 0.271 e. The third kappa shape index (κ3) is 2.71. The molecule has 0 amide bonds. The summed E-state index contributed by atoms with van der Waals surface area (Å²) in [6.07, 6.45) is 1.37. The average molecular weight is 264 g/mol. The van der Waals surface area contributed by atoms with Gasteiger partial charge in [0.1, 0.15) is 5.02 Å². The Labute approximate surface area is 110 Å². The van der Waals surface area contributed by atoms with Crippen LogP contribution in [0.2, 0.25) is 5.02 Å². The third-order valence-electron chi connectivity index (χ3n) is 2.68.